The molecule has 1 aromatic rings. The molecule has 132 valence electrons. The Morgan fingerprint density at radius 2 is 2.08 bits per heavy atom. The molecule has 24 heavy (non-hydrogen) atoms. The molecule has 0 heterocycles. The fourth-order valence-corrected chi connectivity index (χ4v) is 4.40. The predicted molar refractivity (Wildman–Crippen MR) is 95.7 cm³/mol. The molecule has 0 saturated heterocycles. The highest BCUT2D eigenvalue weighted by Crippen LogP contribution is 2.25. The Morgan fingerprint density at radius 1 is 1.38 bits per heavy atom. The largest absolute Gasteiger partial charge is 0.349 e. The van der Waals surface area contributed by atoms with Crippen molar-refractivity contribution in [2.24, 2.45) is 5.92 Å². The van der Waals surface area contributed by atoms with E-state index in [9.17, 15) is 13.2 Å². The van der Waals surface area contributed by atoms with Gasteiger partial charge in [-0.2, -0.15) is 0 Å². The first kappa shape index (κ1) is 19.0. The molecule has 0 aliphatic heterocycles. The van der Waals surface area contributed by atoms with Gasteiger partial charge in [0.2, 0.25) is 10.0 Å². The first-order valence-corrected chi connectivity index (χ1v) is 9.92. The van der Waals surface area contributed by atoms with E-state index in [1.54, 1.807) is 0 Å². The number of amides is 1. The summed E-state index contributed by atoms with van der Waals surface area (Å²) in [5, 5.41) is 3.09. The number of halogens is 1. The number of hydrogen-bond acceptors (Lipinski definition) is 3. The second kappa shape index (κ2) is 8.14. The summed E-state index contributed by atoms with van der Waals surface area (Å²) in [6, 6.07) is 4.42. The third-order valence-electron chi connectivity index (χ3n) is 4.33. The molecule has 1 aromatic carbocycles. The minimum atomic E-state index is -3.79. The third-order valence-corrected chi connectivity index (χ3v) is 6.23. The average molecular weight is 371 g/mol. The van der Waals surface area contributed by atoms with Gasteiger partial charge in [0.05, 0.1) is 5.02 Å². The van der Waals surface area contributed by atoms with Gasteiger partial charge in [-0.3, -0.25) is 4.79 Å². The molecular formula is C17H23ClN2O3S. The quantitative estimate of drug-likeness (QED) is 0.755. The molecule has 0 radical (unpaired) electrons. The van der Waals surface area contributed by atoms with Crippen molar-refractivity contribution in [2.75, 3.05) is 6.54 Å². The molecule has 0 bridgehead atoms. The van der Waals surface area contributed by atoms with Crippen LogP contribution in [0.25, 0.3) is 0 Å². The number of sulfonamides is 1. The van der Waals surface area contributed by atoms with Crippen molar-refractivity contribution in [2.45, 2.75) is 43.5 Å². The standard InChI is InChI=1S/C17H23ClN2O3S/c1-3-10-19-24(22,23)16-11-13(8-9-14(16)18)17(21)20-15-7-5-4-6-12(15)2/h3,8-9,11-12,15,19H,1,4-7,10H2,2H3,(H,20,21)/t12-,15-/m1/s1. The van der Waals surface area contributed by atoms with E-state index in [2.05, 4.69) is 23.5 Å². The summed E-state index contributed by atoms with van der Waals surface area (Å²) in [6.45, 7) is 5.69. The zero-order valence-electron chi connectivity index (χ0n) is 13.7. The van der Waals surface area contributed by atoms with Crippen molar-refractivity contribution in [3.05, 3.63) is 41.4 Å². The Labute approximate surface area is 148 Å². The van der Waals surface area contributed by atoms with Gasteiger partial charge in [0.1, 0.15) is 4.90 Å². The fourth-order valence-electron chi connectivity index (χ4n) is 2.88. The first-order valence-electron chi connectivity index (χ1n) is 8.06. The van der Waals surface area contributed by atoms with Gasteiger partial charge < -0.3 is 5.32 Å². The maximum Gasteiger partial charge on any atom is 0.251 e. The van der Waals surface area contributed by atoms with E-state index in [4.69, 9.17) is 11.6 Å². The van der Waals surface area contributed by atoms with Crippen LogP contribution < -0.4 is 10.0 Å². The number of nitrogens with one attached hydrogen (secondary N) is 2. The monoisotopic (exact) mass is 370 g/mol. The third kappa shape index (κ3) is 4.59. The Kier molecular flexibility index (Phi) is 6.43. The van der Waals surface area contributed by atoms with Gasteiger partial charge in [0, 0.05) is 18.2 Å². The van der Waals surface area contributed by atoms with E-state index >= 15 is 0 Å². The van der Waals surface area contributed by atoms with Crippen LogP contribution in [0, 0.1) is 5.92 Å². The van der Waals surface area contributed by atoms with Gasteiger partial charge in [-0.05, 0) is 37.0 Å². The van der Waals surface area contributed by atoms with Crippen LogP contribution in [0.5, 0.6) is 0 Å². The average Bonchev–Trinajstić information content (AvgIpc) is 2.55. The molecular weight excluding hydrogens is 348 g/mol. The van der Waals surface area contributed by atoms with Gasteiger partial charge in [0.15, 0.2) is 0 Å². The molecule has 1 amide bonds. The van der Waals surface area contributed by atoms with Crippen LogP contribution in [0.15, 0.2) is 35.7 Å². The number of hydrogen-bond donors (Lipinski definition) is 2. The number of carbonyl (C=O) groups excluding carboxylic acids is 1. The molecule has 1 fully saturated rings. The second-order valence-corrected chi connectivity index (χ2v) is 8.27. The molecule has 7 heteroatoms. The van der Waals surface area contributed by atoms with Gasteiger partial charge in [-0.15, -0.1) is 6.58 Å². The Balaban J connectivity index is 2.20. The molecule has 0 aromatic heterocycles. The lowest BCUT2D eigenvalue weighted by molar-refractivity contribution is 0.0910. The zero-order valence-corrected chi connectivity index (χ0v) is 15.3. The van der Waals surface area contributed by atoms with Crippen LogP contribution in [-0.4, -0.2) is 26.9 Å². The molecule has 1 aliphatic rings. The lowest BCUT2D eigenvalue weighted by atomic mass is 9.86. The lowest BCUT2D eigenvalue weighted by Gasteiger charge is -2.29. The summed E-state index contributed by atoms with van der Waals surface area (Å²) in [4.78, 5) is 12.4. The zero-order chi connectivity index (χ0) is 17.7. The molecule has 2 N–H and O–H groups in total. The topological polar surface area (TPSA) is 75.3 Å². The number of rotatable bonds is 6. The molecule has 1 aliphatic carbocycles. The van der Waals surface area contributed by atoms with Crippen LogP contribution in [0.4, 0.5) is 0 Å². The summed E-state index contributed by atoms with van der Waals surface area (Å²) in [5.41, 5.74) is 0.288. The van der Waals surface area contributed by atoms with E-state index in [0.717, 1.165) is 19.3 Å². The summed E-state index contributed by atoms with van der Waals surface area (Å²) in [7, 11) is -3.79. The summed E-state index contributed by atoms with van der Waals surface area (Å²) >= 11 is 6.00. The van der Waals surface area contributed by atoms with E-state index in [1.165, 1.54) is 30.7 Å². The SMILES string of the molecule is C=CCNS(=O)(=O)c1cc(C(=O)N[C@@H]2CCCC[C@H]2C)ccc1Cl. The van der Waals surface area contributed by atoms with Gasteiger partial charge in [0.25, 0.3) is 5.91 Å². The van der Waals surface area contributed by atoms with E-state index < -0.39 is 10.0 Å². The Morgan fingerprint density at radius 3 is 2.75 bits per heavy atom. The highest BCUT2D eigenvalue weighted by molar-refractivity contribution is 7.89. The molecule has 0 spiro atoms. The summed E-state index contributed by atoms with van der Waals surface area (Å²) in [6.07, 6.45) is 5.77. The lowest BCUT2D eigenvalue weighted by Crippen LogP contribution is -2.41. The molecule has 2 atom stereocenters. The minimum absolute atomic E-state index is 0.0779. The van der Waals surface area contributed by atoms with Crippen molar-refractivity contribution in [1.82, 2.24) is 10.0 Å². The van der Waals surface area contributed by atoms with Crippen molar-refractivity contribution in [3.63, 3.8) is 0 Å². The summed E-state index contributed by atoms with van der Waals surface area (Å²) < 4.78 is 26.9. The maximum absolute atomic E-state index is 12.5. The van der Waals surface area contributed by atoms with Gasteiger partial charge >= 0.3 is 0 Å². The van der Waals surface area contributed by atoms with Gasteiger partial charge in [-0.25, -0.2) is 13.1 Å². The fraction of sp³-hybridized carbons (Fsp3) is 0.471. The van der Waals surface area contributed by atoms with Crippen molar-refractivity contribution in [3.8, 4) is 0 Å². The predicted octanol–water partition coefficient (Wildman–Crippen LogP) is 3.11. The highest BCUT2D eigenvalue weighted by Gasteiger charge is 2.24. The smallest absolute Gasteiger partial charge is 0.251 e. The van der Waals surface area contributed by atoms with E-state index in [-0.39, 0.29) is 34.0 Å². The minimum Gasteiger partial charge on any atom is -0.349 e. The van der Waals surface area contributed by atoms with Crippen LogP contribution in [0.3, 0.4) is 0 Å². The van der Waals surface area contributed by atoms with E-state index in [0.29, 0.717) is 5.92 Å². The number of benzene rings is 1. The van der Waals surface area contributed by atoms with Crippen LogP contribution >= 0.6 is 11.6 Å². The van der Waals surface area contributed by atoms with Crippen molar-refractivity contribution >= 4 is 27.5 Å². The Hall–Kier alpha value is -1.37. The van der Waals surface area contributed by atoms with Crippen LogP contribution in [0.2, 0.25) is 5.02 Å². The van der Waals surface area contributed by atoms with Crippen molar-refractivity contribution < 1.29 is 13.2 Å². The molecule has 2 rings (SSSR count). The van der Waals surface area contributed by atoms with Gasteiger partial charge in [-0.1, -0.05) is 37.4 Å². The van der Waals surface area contributed by atoms with Crippen LogP contribution in [-0.2, 0) is 10.0 Å². The maximum atomic E-state index is 12.5. The molecule has 5 nitrogen and oxygen atoms in total. The normalized spacial score (nSPS) is 21.2. The Bertz CT molecular complexity index is 719. The first-order chi connectivity index (χ1) is 11.3. The van der Waals surface area contributed by atoms with Crippen molar-refractivity contribution in [1.29, 1.82) is 0 Å². The van der Waals surface area contributed by atoms with Crippen LogP contribution in [0.1, 0.15) is 43.0 Å². The second-order valence-electron chi connectivity index (χ2n) is 6.13. The number of carbonyl (C=O) groups is 1. The molecule has 0 unspecified atom stereocenters. The summed E-state index contributed by atoms with van der Waals surface area (Å²) in [5.74, 6) is 0.151. The highest BCUT2D eigenvalue weighted by atomic mass is 35.5. The van der Waals surface area contributed by atoms with E-state index in [1.807, 2.05) is 0 Å². The molecule has 1 saturated carbocycles.